The van der Waals surface area contributed by atoms with Crippen LogP contribution >= 0.6 is 11.6 Å². The number of aromatic nitrogens is 3. The van der Waals surface area contributed by atoms with Crippen molar-refractivity contribution in [1.82, 2.24) is 19.7 Å². The van der Waals surface area contributed by atoms with Crippen LogP contribution in [0.4, 0.5) is 5.82 Å². The molecule has 0 spiro atoms. The Balaban J connectivity index is 1.34. The number of para-hydroxylation sites is 1. The van der Waals surface area contributed by atoms with Crippen molar-refractivity contribution < 1.29 is 4.79 Å². The van der Waals surface area contributed by atoms with Crippen molar-refractivity contribution >= 4 is 34.2 Å². The molecular formula is C19H20ClN5O. The van der Waals surface area contributed by atoms with Crippen LogP contribution in [0.5, 0.6) is 0 Å². The molecule has 0 aliphatic carbocycles. The summed E-state index contributed by atoms with van der Waals surface area (Å²) in [5.74, 6) is 1.12. The van der Waals surface area contributed by atoms with Gasteiger partial charge < -0.3 is 9.80 Å². The summed E-state index contributed by atoms with van der Waals surface area (Å²) in [6.07, 6.45) is 2.22. The van der Waals surface area contributed by atoms with Crippen LogP contribution < -0.4 is 4.90 Å². The molecule has 4 rings (SSSR count). The fraction of sp³-hybridized carbons (Fsp3) is 0.316. The van der Waals surface area contributed by atoms with E-state index in [0.29, 0.717) is 18.1 Å². The second-order valence-corrected chi connectivity index (χ2v) is 6.69. The van der Waals surface area contributed by atoms with Gasteiger partial charge in [-0.3, -0.25) is 9.48 Å². The topological polar surface area (TPSA) is 54.3 Å². The lowest BCUT2D eigenvalue weighted by Gasteiger charge is -2.35. The number of hydrogen-bond donors (Lipinski definition) is 0. The third-order valence-corrected chi connectivity index (χ3v) is 5.04. The number of amides is 1. The van der Waals surface area contributed by atoms with Crippen LogP contribution in [0, 0.1) is 0 Å². The molecule has 1 fully saturated rings. The molecule has 7 heteroatoms. The van der Waals surface area contributed by atoms with E-state index in [-0.39, 0.29) is 5.91 Å². The second kappa shape index (κ2) is 7.33. The minimum absolute atomic E-state index is 0.154. The van der Waals surface area contributed by atoms with Crippen molar-refractivity contribution in [3.63, 3.8) is 0 Å². The van der Waals surface area contributed by atoms with Gasteiger partial charge in [0.2, 0.25) is 5.91 Å². The summed E-state index contributed by atoms with van der Waals surface area (Å²) in [6, 6.07) is 13.7. The lowest BCUT2D eigenvalue weighted by Crippen LogP contribution is -2.49. The Hall–Kier alpha value is -2.60. The predicted octanol–water partition coefficient (Wildman–Crippen LogP) is 2.82. The first-order chi connectivity index (χ1) is 12.7. The minimum atomic E-state index is 0.154. The van der Waals surface area contributed by atoms with Gasteiger partial charge in [-0.2, -0.15) is 5.10 Å². The Kier molecular flexibility index (Phi) is 4.75. The smallest absolute Gasteiger partial charge is 0.224 e. The van der Waals surface area contributed by atoms with Crippen molar-refractivity contribution in [2.75, 3.05) is 31.1 Å². The summed E-state index contributed by atoms with van der Waals surface area (Å²) in [7, 11) is 0. The number of carbonyl (C=O) groups excluding carboxylic acids is 1. The molecule has 0 N–H and O–H groups in total. The molecule has 1 amide bonds. The summed E-state index contributed by atoms with van der Waals surface area (Å²) >= 11 is 6.18. The first-order valence-corrected chi connectivity index (χ1v) is 9.15. The van der Waals surface area contributed by atoms with Crippen LogP contribution in [-0.2, 0) is 11.3 Å². The monoisotopic (exact) mass is 369 g/mol. The van der Waals surface area contributed by atoms with Gasteiger partial charge in [0.1, 0.15) is 5.82 Å². The molecule has 134 valence electrons. The average Bonchev–Trinajstić information content (AvgIpc) is 3.03. The molecule has 0 unspecified atom stereocenters. The van der Waals surface area contributed by atoms with Gasteiger partial charge in [0.05, 0.1) is 12.1 Å². The third-order valence-electron chi connectivity index (χ3n) is 4.76. The highest BCUT2D eigenvalue weighted by Gasteiger charge is 2.22. The van der Waals surface area contributed by atoms with Crippen molar-refractivity contribution in [3.05, 3.63) is 53.8 Å². The fourth-order valence-electron chi connectivity index (χ4n) is 3.34. The maximum absolute atomic E-state index is 12.6. The summed E-state index contributed by atoms with van der Waals surface area (Å²) in [5.41, 5.74) is 0.963. The van der Waals surface area contributed by atoms with E-state index < -0.39 is 0 Å². The molecule has 1 aliphatic rings. The molecule has 1 aliphatic heterocycles. The van der Waals surface area contributed by atoms with Crippen molar-refractivity contribution in [2.45, 2.75) is 13.0 Å². The lowest BCUT2D eigenvalue weighted by atomic mass is 10.2. The molecule has 0 radical (unpaired) electrons. The Labute approximate surface area is 157 Å². The van der Waals surface area contributed by atoms with Crippen LogP contribution in [0.25, 0.3) is 10.9 Å². The highest BCUT2D eigenvalue weighted by Crippen LogP contribution is 2.22. The van der Waals surface area contributed by atoms with Crippen molar-refractivity contribution in [3.8, 4) is 0 Å². The second-order valence-electron chi connectivity index (χ2n) is 6.34. The largest absolute Gasteiger partial charge is 0.353 e. The van der Waals surface area contributed by atoms with E-state index in [1.165, 1.54) is 0 Å². The molecule has 6 nitrogen and oxygen atoms in total. The Morgan fingerprint density at radius 3 is 2.58 bits per heavy atom. The van der Waals surface area contributed by atoms with E-state index >= 15 is 0 Å². The van der Waals surface area contributed by atoms with Crippen molar-refractivity contribution in [2.24, 2.45) is 0 Å². The molecule has 0 bridgehead atoms. The number of halogens is 1. The van der Waals surface area contributed by atoms with E-state index in [2.05, 4.69) is 15.0 Å². The van der Waals surface area contributed by atoms with Gasteiger partial charge in [-0.1, -0.05) is 29.8 Å². The SMILES string of the molecule is O=C(CCn1nc(Cl)c2ccccc21)N1CCN(c2ccccn2)CC1. The number of piperazine rings is 1. The molecule has 3 heterocycles. The lowest BCUT2D eigenvalue weighted by molar-refractivity contribution is -0.131. The normalized spacial score (nSPS) is 14.8. The van der Waals surface area contributed by atoms with Gasteiger partial charge in [0.15, 0.2) is 5.15 Å². The van der Waals surface area contributed by atoms with Gasteiger partial charge in [-0.25, -0.2) is 4.98 Å². The van der Waals surface area contributed by atoms with E-state index in [9.17, 15) is 4.79 Å². The van der Waals surface area contributed by atoms with Crippen molar-refractivity contribution in [1.29, 1.82) is 0 Å². The van der Waals surface area contributed by atoms with E-state index in [1.54, 1.807) is 6.20 Å². The number of benzene rings is 1. The average molecular weight is 370 g/mol. The third kappa shape index (κ3) is 3.37. The highest BCUT2D eigenvalue weighted by molar-refractivity contribution is 6.34. The first kappa shape index (κ1) is 16.8. The van der Waals surface area contributed by atoms with E-state index in [0.717, 1.165) is 42.9 Å². The number of aryl methyl sites for hydroxylation is 1. The summed E-state index contributed by atoms with van der Waals surface area (Å²) < 4.78 is 1.82. The maximum Gasteiger partial charge on any atom is 0.224 e. The molecule has 1 aromatic carbocycles. The fourth-order valence-corrected chi connectivity index (χ4v) is 3.59. The number of pyridine rings is 1. The van der Waals surface area contributed by atoms with Gasteiger partial charge in [0.25, 0.3) is 0 Å². The molecular weight excluding hydrogens is 350 g/mol. The Morgan fingerprint density at radius 1 is 1.04 bits per heavy atom. The highest BCUT2D eigenvalue weighted by atomic mass is 35.5. The molecule has 1 saturated heterocycles. The number of anilines is 1. The first-order valence-electron chi connectivity index (χ1n) is 8.77. The molecule has 3 aromatic rings. The molecule has 2 aromatic heterocycles. The van der Waals surface area contributed by atoms with Crippen LogP contribution in [0.3, 0.4) is 0 Å². The van der Waals surface area contributed by atoms with Gasteiger partial charge in [0, 0.05) is 44.2 Å². The minimum Gasteiger partial charge on any atom is -0.353 e. The zero-order valence-corrected chi connectivity index (χ0v) is 15.1. The summed E-state index contributed by atoms with van der Waals surface area (Å²) in [4.78, 5) is 21.1. The number of hydrogen-bond acceptors (Lipinski definition) is 4. The van der Waals surface area contributed by atoms with Gasteiger partial charge in [-0.15, -0.1) is 0 Å². The van der Waals surface area contributed by atoms with Gasteiger partial charge in [-0.05, 0) is 24.3 Å². The van der Waals surface area contributed by atoms with Crippen LogP contribution in [-0.4, -0.2) is 51.8 Å². The van der Waals surface area contributed by atoms with Crippen LogP contribution in [0.15, 0.2) is 48.7 Å². The number of carbonyl (C=O) groups is 1. The van der Waals surface area contributed by atoms with Gasteiger partial charge >= 0.3 is 0 Å². The van der Waals surface area contributed by atoms with E-state index in [4.69, 9.17) is 11.6 Å². The summed E-state index contributed by atoms with van der Waals surface area (Å²) in [6.45, 7) is 3.58. The zero-order chi connectivity index (χ0) is 17.9. The predicted molar refractivity (Wildman–Crippen MR) is 102 cm³/mol. The quantitative estimate of drug-likeness (QED) is 0.709. The standard InChI is InChI=1S/C19H20ClN5O/c20-19-15-5-1-2-6-16(15)25(22-19)10-8-18(26)24-13-11-23(12-14-24)17-7-3-4-9-21-17/h1-7,9H,8,10-14H2. The number of nitrogens with zero attached hydrogens (tertiary/aromatic N) is 5. The maximum atomic E-state index is 12.6. The number of fused-ring (bicyclic) bond motifs is 1. The van der Waals surface area contributed by atoms with Crippen LogP contribution in [0.1, 0.15) is 6.42 Å². The molecule has 0 saturated carbocycles. The number of rotatable bonds is 4. The Morgan fingerprint density at radius 2 is 1.81 bits per heavy atom. The Bertz CT molecular complexity index is 903. The molecule has 26 heavy (non-hydrogen) atoms. The zero-order valence-electron chi connectivity index (χ0n) is 14.4. The molecule has 0 atom stereocenters. The van der Waals surface area contributed by atoms with E-state index in [1.807, 2.05) is 52.0 Å². The summed E-state index contributed by atoms with van der Waals surface area (Å²) in [5, 5.41) is 5.76. The van der Waals surface area contributed by atoms with Crippen LogP contribution in [0.2, 0.25) is 5.15 Å².